The summed E-state index contributed by atoms with van der Waals surface area (Å²) in [4.78, 5) is 5.26. The van der Waals surface area contributed by atoms with Crippen LogP contribution in [0.5, 0.6) is 0 Å². The number of likely N-dealkylation sites (N-methyl/N-ethyl adjacent to an activating group) is 1. The predicted octanol–water partition coefficient (Wildman–Crippen LogP) is 2.56. The zero-order valence-corrected chi connectivity index (χ0v) is 14.1. The Bertz CT molecular complexity index is 287. The van der Waals surface area contributed by atoms with Gasteiger partial charge in [-0.25, -0.2) is 0 Å². The van der Waals surface area contributed by atoms with Gasteiger partial charge in [0.05, 0.1) is 0 Å². The highest BCUT2D eigenvalue weighted by molar-refractivity contribution is 4.99. The first kappa shape index (κ1) is 16.3. The lowest BCUT2D eigenvalue weighted by atomic mass is 9.70. The molecule has 0 spiro atoms. The summed E-state index contributed by atoms with van der Waals surface area (Å²) in [6.45, 7) is 11.6. The average molecular weight is 281 g/mol. The fourth-order valence-electron chi connectivity index (χ4n) is 4.84. The lowest BCUT2D eigenvalue weighted by Crippen LogP contribution is -2.60. The molecule has 1 saturated heterocycles. The standard InChI is InChI=1S/C17H35N3/c1-5-20-8-6-16(7-9-20)19(4)17(13-18)11-14(2)10-15(3)12-17/h14-16H,5-13,18H2,1-4H3. The van der Waals surface area contributed by atoms with Crippen molar-refractivity contribution in [3.8, 4) is 0 Å². The molecule has 2 aliphatic rings. The van der Waals surface area contributed by atoms with E-state index in [9.17, 15) is 0 Å². The molecule has 118 valence electrons. The first-order valence-electron chi connectivity index (χ1n) is 8.66. The van der Waals surface area contributed by atoms with E-state index in [0.717, 1.165) is 24.4 Å². The van der Waals surface area contributed by atoms with Gasteiger partial charge in [-0.15, -0.1) is 0 Å². The van der Waals surface area contributed by atoms with Crippen LogP contribution < -0.4 is 5.73 Å². The highest BCUT2D eigenvalue weighted by atomic mass is 15.2. The van der Waals surface area contributed by atoms with Crippen molar-refractivity contribution in [2.45, 2.75) is 64.5 Å². The van der Waals surface area contributed by atoms with Gasteiger partial charge < -0.3 is 10.6 Å². The number of piperidine rings is 1. The first-order chi connectivity index (χ1) is 9.50. The summed E-state index contributed by atoms with van der Waals surface area (Å²) in [6, 6.07) is 0.735. The fourth-order valence-corrected chi connectivity index (χ4v) is 4.84. The van der Waals surface area contributed by atoms with Crippen molar-refractivity contribution in [3.63, 3.8) is 0 Å². The maximum Gasteiger partial charge on any atom is 0.0336 e. The Morgan fingerprint density at radius 1 is 1.15 bits per heavy atom. The van der Waals surface area contributed by atoms with Crippen molar-refractivity contribution in [3.05, 3.63) is 0 Å². The van der Waals surface area contributed by atoms with Crippen LogP contribution in [0.3, 0.4) is 0 Å². The highest BCUT2D eigenvalue weighted by Crippen LogP contribution is 2.40. The van der Waals surface area contributed by atoms with Crippen molar-refractivity contribution in [1.82, 2.24) is 9.80 Å². The summed E-state index contributed by atoms with van der Waals surface area (Å²) in [5.41, 5.74) is 6.53. The Hall–Kier alpha value is -0.120. The van der Waals surface area contributed by atoms with Crippen molar-refractivity contribution < 1.29 is 0 Å². The lowest BCUT2D eigenvalue weighted by Gasteiger charge is -2.52. The van der Waals surface area contributed by atoms with Crippen LogP contribution in [0.4, 0.5) is 0 Å². The van der Waals surface area contributed by atoms with E-state index in [2.05, 4.69) is 37.6 Å². The largest absolute Gasteiger partial charge is 0.329 e. The van der Waals surface area contributed by atoms with Crippen LogP contribution in [-0.4, -0.2) is 54.6 Å². The van der Waals surface area contributed by atoms with Gasteiger partial charge in [-0.2, -0.15) is 0 Å². The summed E-state index contributed by atoms with van der Waals surface area (Å²) >= 11 is 0. The van der Waals surface area contributed by atoms with Crippen molar-refractivity contribution >= 4 is 0 Å². The van der Waals surface area contributed by atoms with Crippen LogP contribution in [0.25, 0.3) is 0 Å². The topological polar surface area (TPSA) is 32.5 Å². The molecule has 1 aliphatic heterocycles. The van der Waals surface area contributed by atoms with E-state index >= 15 is 0 Å². The molecule has 1 heterocycles. The zero-order valence-electron chi connectivity index (χ0n) is 14.1. The molecular weight excluding hydrogens is 246 g/mol. The molecule has 2 unspecified atom stereocenters. The third-order valence-electron chi connectivity index (χ3n) is 5.94. The molecule has 0 radical (unpaired) electrons. The highest BCUT2D eigenvalue weighted by Gasteiger charge is 2.42. The Morgan fingerprint density at radius 2 is 1.70 bits per heavy atom. The molecule has 0 amide bonds. The molecule has 1 saturated carbocycles. The molecule has 2 fully saturated rings. The summed E-state index contributed by atoms with van der Waals surface area (Å²) < 4.78 is 0. The van der Waals surface area contributed by atoms with Crippen LogP contribution in [0.2, 0.25) is 0 Å². The minimum Gasteiger partial charge on any atom is -0.329 e. The van der Waals surface area contributed by atoms with Gasteiger partial charge in [-0.3, -0.25) is 4.90 Å². The number of rotatable bonds is 4. The van der Waals surface area contributed by atoms with Gasteiger partial charge in [0.15, 0.2) is 0 Å². The van der Waals surface area contributed by atoms with E-state index in [4.69, 9.17) is 5.73 Å². The van der Waals surface area contributed by atoms with Gasteiger partial charge >= 0.3 is 0 Å². The molecule has 1 aliphatic carbocycles. The smallest absolute Gasteiger partial charge is 0.0336 e. The normalized spacial score (nSPS) is 37.5. The van der Waals surface area contributed by atoms with Crippen LogP contribution >= 0.6 is 0 Å². The Kier molecular flexibility index (Phi) is 5.49. The summed E-state index contributed by atoms with van der Waals surface area (Å²) in [5.74, 6) is 1.64. The van der Waals surface area contributed by atoms with Crippen molar-refractivity contribution in [1.29, 1.82) is 0 Å². The van der Waals surface area contributed by atoms with Gasteiger partial charge in [-0.1, -0.05) is 20.8 Å². The Balaban J connectivity index is 2.03. The van der Waals surface area contributed by atoms with Crippen LogP contribution in [-0.2, 0) is 0 Å². The molecule has 0 bridgehead atoms. The fraction of sp³-hybridized carbons (Fsp3) is 1.00. The first-order valence-corrected chi connectivity index (χ1v) is 8.66. The van der Waals surface area contributed by atoms with E-state index in [1.807, 2.05) is 0 Å². The number of likely N-dealkylation sites (tertiary alicyclic amines) is 1. The van der Waals surface area contributed by atoms with E-state index in [-0.39, 0.29) is 5.54 Å². The van der Waals surface area contributed by atoms with E-state index in [1.165, 1.54) is 51.7 Å². The predicted molar refractivity (Wildman–Crippen MR) is 86.9 cm³/mol. The van der Waals surface area contributed by atoms with Gasteiger partial charge in [0, 0.05) is 18.1 Å². The second-order valence-electron chi connectivity index (χ2n) is 7.56. The monoisotopic (exact) mass is 281 g/mol. The second-order valence-corrected chi connectivity index (χ2v) is 7.56. The number of hydrogen-bond acceptors (Lipinski definition) is 3. The van der Waals surface area contributed by atoms with Crippen LogP contribution in [0, 0.1) is 11.8 Å². The van der Waals surface area contributed by atoms with E-state index in [0.29, 0.717) is 0 Å². The molecule has 20 heavy (non-hydrogen) atoms. The van der Waals surface area contributed by atoms with Crippen molar-refractivity contribution in [2.24, 2.45) is 17.6 Å². The summed E-state index contributed by atoms with van der Waals surface area (Å²) in [5, 5.41) is 0. The van der Waals surface area contributed by atoms with E-state index in [1.54, 1.807) is 0 Å². The Morgan fingerprint density at radius 3 is 2.15 bits per heavy atom. The molecule has 2 N–H and O–H groups in total. The number of nitrogens with zero attached hydrogens (tertiary/aromatic N) is 2. The maximum atomic E-state index is 6.27. The third kappa shape index (κ3) is 3.37. The second kappa shape index (κ2) is 6.76. The van der Waals surface area contributed by atoms with Gasteiger partial charge in [0.25, 0.3) is 0 Å². The minimum absolute atomic E-state index is 0.260. The third-order valence-corrected chi connectivity index (χ3v) is 5.94. The maximum absolute atomic E-state index is 6.27. The van der Waals surface area contributed by atoms with Crippen LogP contribution in [0.15, 0.2) is 0 Å². The molecule has 3 nitrogen and oxygen atoms in total. The average Bonchev–Trinajstić information content (AvgIpc) is 2.45. The number of hydrogen-bond donors (Lipinski definition) is 1. The summed E-state index contributed by atoms with van der Waals surface area (Å²) in [7, 11) is 2.35. The van der Waals surface area contributed by atoms with Gasteiger partial charge in [-0.05, 0) is 70.6 Å². The molecule has 2 rings (SSSR count). The Labute approximate surface area is 125 Å². The van der Waals surface area contributed by atoms with Gasteiger partial charge in [0.2, 0.25) is 0 Å². The molecule has 0 aromatic carbocycles. The zero-order chi connectivity index (χ0) is 14.8. The molecular formula is C17H35N3. The van der Waals surface area contributed by atoms with Gasteiger partial charge in [0.1, 0.15) is 0 Å². The molecule has 0 aromatic rings. The minimum atomic E-state index is 0.260. The lowest BCUT2D eigenvalue weighted by molar-refractivity contribution is -0.0102. The van der Waals surface area contributed by atoms with Crippen LogP contribution in [0.1, 0.15) is 52.9 Å². The molecule has 0 aromatic heterocycles. The SMILES string of the molecule is CCN1CCC(N(C)C2(CN)CC(C)CC(C)C2)CC1. The van der Waals surface area contributed by atoms with E-state index < -0.39 is 0 Å². The van der Waals surface area contributed by atoms with Crippen molar-refractivity contribution in [2.75, 3.05) is 33.2 Å². The number of nitrogens with two attached hydrogens (primary N) is 1. The quantitative estimate of drug-likeness (QED) is 0.859. The molecule has 2 atom stereocenters. The summed E-state index contributed by atoms with van der Waals surface area (Å²) in [6.07, 6.45) is 6.59. The molecule has 3 heteroatoms.